The minimum Gasteiger partial charge on any atom is -0.336 e. The Morgan fingerprint density at radius 3 is 2.72 bits per heavy atom. The molecule has 0 aromatic carbocycles. The van der Waals surface area contributed by atoms with E-state index in [-0.39, 0.29) is 33.3 Å². The van der Waals surface area contributed by atoms with Gasteiger partial charge in [-0.15, -0.1) is 0 Å². The molecule has 1 atom stereocenters. The molecule has 0 saturated carbocycles. The van der Waals surface area contributed by atoms with Gasteiger partial charge in [0.25, 0.3) is 11.5 Å². The molecular weight excluding hydrogens is 342 g/mol. The molecule has 2 N–H and O–H groups in total. The maximum absolute atomic E-state index is 13.1. The van der Waals surface area contributed by atoms with Gasteiger partial charge in [0.15, 0.2) is 0 Å². The van der Waals surface area contributed by atoms with E-state index in [1.807, 2.05) is 27.7 Å². The Balaban J connectivity index is 2.21. The first-order chi connectivity index (χ1) is 11.7. The molecule has 25 heavy (non-hydrogen) atoms. The fraction of sp³-hybridized carbons (Fsp3) is 0.412. The van der Waals surface area contributed by atoms with E-state index in [9.17, 15) is 9.59 Å². The number of pyridine rings is 1. The van der Waals surface area contributed by atoms with Crippen molar-refractivity contribution < 1.29 is 4.79 Å². The number of rotatable bonds is 4. The fourth-order valence-corrected chi connectivity index (χ4v) is 3.25. The van der Waals surface area contributed by atoms with Crippen molar-refractivity contribution >= 4 is 29.0 Å². The zero-order chi connectivity index (χ0) is 18.4. The normalized spacial score (nSPS) is 19.5. The van der Waals surface area contributed by atoms with Gasteiger partial charge in [-0.2, -0.15) is 0 Å². The molecular formula is C17H20ClN5O2. The van der Waals surface area contributed by atoms with Crippen molar-refractivity contribution in [1.29, 1.82) is 0 Å². The Labute approximate surface area is 150 Å². The molecule has 1 amide bonds. The van der Waals surface area contributed by atoms with Crippen LogP contribution >= 0.6 is 11.6 Å². The molecule has 0 bridgehead atoms. The van der Waals surface area contributed by atoms with E-state index in [1.54, 1.807) is 12.3 Å². The molecule has 1 unspecified atom stereocenters. The highest BCUT2D eigenvalue weighted by molar-refractivity contribution is 6.34. The van der Waals surface area contributed by atoms with Crippen LogP contribution in [0, 0.1) is 5.41 Å². The van der Waals surface area contributed by atoms with Crippen LogP contribution in [0.15, 0.2) is 29.5 Å². The highest BCUT2D eigenvalue weighted by Crippen LogP contribution is 2.42. The van der Waals surface area contributed by atoms with Gasteiger partial charge in [0.05, 0.1) is 5.02 Å². The standard InChI is InChI=1S/C17H20ClN5O2/c1-5-16(2,3)17(4)22-14(24)13-10(18)8-11(15(25)23(13)17)21-12-6-7-19-9-20-12/h6-9H,5H2,1-4H3,(H,22,24)(H,19,20,21). The van der Waals surface area contributed by atoms with Crippen molar-refractivity contribution in [3.8, 4) is 0 Å². The van der Waals surface area contributed by atoms with Crippen molar-refractivity contribution in [2.45, 2.75) is 39.8 Å². The van der Waals surface area contributed by atoms with Crippen LogP contribution in [0.25, 0.3) is 0 Å². The van der Waals surface area contributed by atoms with Crippen molar-refractivity contribution in [2.24, 2.45) is 5.41 Å². The summed E-state index contributed by atoms with van der Waals surface area (Å²) in [5.74, 6) is 0.122. The average Bonchev–Trinajstić information content (AvgIpc) is 2.86. The number of carbonyl (C=O) groups excluding carboxylic acids is 1. The maximum atomic E-state index is 13.1. The smallest absolute Gasteiger partial charge is 0.276 e. The molecule has 7 nitrogen and oxygen atoms in total. The highest BCUT2D eigenvalue weighted by atomic mass is 35.5. The minimum atomic E-state index is -0.891. The first kappa shape index (κ1) is 17.4. The number of carbonyl (C=O) groups is 1. The number of fused-ring (bicyclic) bond motifs is 1. The van der Waals surface area contributed by atoms with Crippen LogP contribution in [0.2, 0.25) is 5.02 Å². The summed E-state index contributed by atoms with van der Waals surface area (Å²) >= 11 is 6.34. The molecule has 0 radical (unpaired) electrons. The number of hydrogen-bond donors (Lipinski definition) is 2. The molecule has 3 heterocycles. The summed E-state index contributed by atoms with van der Waals surface area (Å²) in [5.41, 5.74) is -1.15. The Morgan fingerprint density at radius 2 is 2.12 bits per heavy atom. The van der Waals surface area contributed by atoms with Gasteiger partial charge in [0.1, 0.15) is 29.2 Å². The van der Waals surface area contributed by atoms with Crippen LogP contribution in [0.5, 0.6) is 0 Å². The van der Waals surface area contributed by atoms with Gasteiger partial charge in [-0.05, 0) is 25.5 Å². The van der Waals surface area contributed by atoms with Gasteiger partial charge in [0, 0.05) is 11.6 Å². The second-order valence-corrected chi connectivity index (χ2v) is 7.29. The summed E-state index contributed by atoms with van der Waals surface area (Å²) in [7, 11) is 0. The van der Waals surface area contributed by atoms with Gasteiger partial charge in [-0.1, -0.05) is 32.4 Å². The largest absolute Gasteiger partial charge is 0.336 e. The predicted octanol–water partition coefficient (Wildman–Crippen LogP) is 2.89. The average molecular weight is 362 g/mol. The third-order valence-corrected chi connectivity index (χ3v) is 5.51. The van der Waals surface area contributed by atoms with Gasteiger partial charge < -0.3 is 10.6 Å². The summed E-state index contributed by atoms with van der Waals surface area (Å²) in [6, 6.07) is 3.10. The van der Waals surface area contributed by atoms with E-state index in [0.29, 0.717) is 5.82 Å². The van der Waals surface area contributed by atoms with Crippen LogP contribution < -0.4 is 16.2 Å². The first-order valence-electron chi connectivity index (χ1n) is 8.03. The summed E-state index contributed by atoms with van der Waals surface area (Å²) in [6.45, 7) is 7.88. The van der Waals surface area contributed by atoms with Crippen LogP contribution in [0.3, 0.4) is 0 Å². The van der Waals surface area contributed by atoms with Crippen molar-refractivity contribution in [3.05, 3.63) is 45.7 Å². The Kier molecular flexibility index (Phi) is 4.07. The van der Waals surface area contributed by atoms with Crippen LogP contribution in [-0.4, -0.2) is 20.4 Å². The Hall–Kier alpha value is -2.41. The zero-order valence-corrected chi connectivity index (χ0v) is 15.3. The number of amides is 1. The quantitative estimate of drug-likeness (QED) is 0.874. The molecule has 0 spiro atoms. The number of anilines is 2. The van der Waals surface area contributed by atoms with E-state index in [1.165, 1.54) is 17.0 Å². The third-order valence-electron chi connectivity index (χ3n) is 5.22. The SMILES string of the molecule is CCC(C)(C)C1(C)NC(=O)c2c(Cl)cc(Nc3ccncn3)c(=O)n21. The Morgan fingerprint density at radius 1 is 1.40 bits per heavy atom. The lowest BCUT2D eigenvalue weighted by Gasteiger charge is -2.42. The predicted molar refractivity (Wildman–Crippen MR) is 96.2 cm³/mol. The first-order valence-corrected chi connectivity index (χ1v) is 8.40. The summed E-state index contributed by atoms with van der Waals surface area (Å²) in [6.07, 6.45) is 3.71. The van der Waals surface area contributed by atoms with E-state index in [2.05, 4.69) is 20.6 Å². The monoisotopic (exact) mass is 361 g/mol. The van der Waals surface area contributed by atoms with E-state index in [4.69, 9.17) is 11.6 Å². The number of hydrogen-bond acceptors (Lipinski definition) is 5. The molecule has 2 aromatic heterocycles. The molecule has 132 valence electrons. The molecule has 1 aliphatic heterocycles. The fourth-order valence-electron chi connectivity index (χ4n) is 2.97. The summed E-state index contributed by atoms with van der Waals surface area (Å²) in [5, 5.41) is 6.11. The van der Waals surface area contributed by atoms with Gasteiger partial charge in [-0.25, -0.2) is 9.97 Å². The molecule has 1 aliphatic rings. The number of nitrogens with one attached hydrogen (secondary N) is 2. The number of halogens is 1. The van der Waals surface area contributed by atoms with E-state index in [0.717, 1.165) is 6.42 Å². The molecule has 0 saturated heterocycles. The Bertz CT molecular complexity index is 894. The zero-order valence-electron chi connectivity index (χ0n) is 14.6. The molecule has 0 fully saturated rings. The summed E-state index contributed by atoms with van der Waals surface area (Å²) < 4.78 is 1.46. The second-order valence-electron chi connectivity index (χ2n) is 6.88. The molecule has 0 aliphatic carbocycles. The molecule has 2 aromatic rings. The molecule has 8 heteroatoms. The highest BCUT2D eigenvalue weighted by Gasteiger charge is 2.50. The summed E-state index contributed by atoms with van der Waals surface area (Å²) in [4.78, 5) is 33.5. The van der Waals surface area contributed by atoms with E-state index >= 15 is 0 Å². The van der Waals surface area contributed by atoms with Gasteiger partial charge in [-0.3, -0.25) is 14.2 Å². The van der Waals surface area contributed by atoms with Gasteiger partial charge in [0.2, 0.25) is 0 Å². The minimum absolute atomic E-state index is 0.184. The van der Waals surface area contributed by atoms with Crippen LogP contribution in [0.4, 0.5) is 11.5 Å². The topological polar surface area (TPSA) is 88.9 Å². The second kappa shape index (κ2) is 5.84. The van der Waals surface area contributed by atoms with Crippen molar-refractivity contribution in [1.82, 2.24) is 19.9 Å². The number of aromatic nitrogens is 3. The van der Waals surface area contributed by atoms with Crippen molar-refractivity contribution in [3.63, 3.8) is 0 Å². The lowest BCUT2D eigenvalue weighted by atomic mass is 9.77. The lowest BCUT2D eigenvalue weighted by molar-refractivity contribution is 0.0608. The third kappa shape index (κ3) is 2.59. The maximum Gasteiger partial charge on any atom is 0.276 e. The van der Waals surface area contributed by atoms with Crippen LogP contribution in [-0.2, 0) is 5.66 Å². The van der Waals surface area contributed by atoms with Gasteiger partial charge >= 0.3 is 0 Å². The lowest BCUT2D eigenvalue weighted by Crippen LogP contribution is -2.54. The number of nitrogens with zero attached hydrogens (tertiary/aromatic N) is 3. The van der Waals surface area contributed by atoms with E-state index < -0.39 is 5.66 Å². The van der Waals surface area contributed by atoms with Crippen molar-refractivity contribution in [2.75, 3.05) is 5.32 Å². The van der Waals surface area contributed by atoms with Crippen LogP contribution in [0.1, 0.15) is 44.6 Å². The molecule has 3 rings (SSSR count).